The Kier molecular flexibility index (Phi) is 4.55. The highest BCUT2D eigenvalue weighted by Crippen LogP contribution is 2.16. The molecule has 0 radical (unpaired) electrons. The molecule has 7 heteroatoms. The topological polar surface area (TPSA) is 93.3 Å². The van der Waals surface area contributed by atoms with Crippen LogP contribution in [0.3, 0.4) is 0 Å². The molecule has 1 aromatic carbocycles. The number of H-pyrrole nitrogens is 1. The molecule has 0 aliphatic heterocycles. The van der Waals surface area contributed by atoms with E-state index in [4.69, 9.17) is 4.74 Å². The summed E-state index contributed by atoms with van der Waals surface area (Å²) in [6.07, 6.45) is 0. The van der Waals surface area contributed by atoms with Crippen molar-refractivity contribution >= 4 is 17.6 Å². The van der Waals surface area contributed by atoms with Gasteiger partial charge >= 0.3 is 5.97 Å². The zero-order chi connectivity index (χ0) is 15.2. The quantitative estimate of drug-likeness (QED) is 0.819. The van der Waals surface area contributed by atoms with Crippen molar-refractivity contribution in [3.05, 3.63) is 41.7 Å². The van der Waals surface area contributed by atoms with Gasteiger partial charge in [0.15, 0.2) is 5.69 Å². The SMILES string of the molecule is CCOc1ccc(NC(=O)c2cc(C(=O)OC)[nH]n2)cc1. The molecule has 1 amide bonds. The summed E-state index contributed by atoms with van der Waals surface area (Å²) < 4.78 is 9.84. The smallest absolute Gasteiger partial charge is 0.356 e. The highest BCUT2D eigenvalue weighted by Gasteiger charge is 2.15. The minimum atomic E-state index is -0.581. The molecule has 0 aliphatic carbocycles. The molecule has 0 spiro atoms. The Morgan fingerprint density at radius 1 is 1.29 bits per heavy atom. The van der Waals surface area contributed by atoms with Gasteiger partial charge < -0.3 is 14.8 Å². The molecule has 7 nitrogen and oxygen atoms in total. The summed E-state index contributed by atoms with van der Waals surface area (Å²) in [4.78, 5) is 23.2. The number of esters is 1. The van der Waals surface area contributed by atoms with E-state index in [0.717, 1.165) is 5.75 Å². The van der Waals surface area contributed by atoms with Crippen molar-refractivity contribution in [3.63, 3.8) is 0 Å². The number of benzene rings is 1. The van der Waals surface area contributed by atoms with E-state index in [2.05, 4.69) is 20.3 Å². The number of amides is 1. The van der Waals surface area contributed by atoms with Crippen LogP contribution in [0, 0.1) is 0 Å². The number of rotatable bonds is 5. The predicted octanol–water partition coefficient (Wildman–Crippen LogP) is 1.85. The van der Waals surface area contributed by atoms with Gasteiger partial charge in [0.1, 0.15) is 11.4 Å². The largest absolute Gasteiger partial charge is 0.494 e. The van der Waals surface area contributed by atoms with Gasteiger partial charge in [0.05, 0.1) is 13.7 Å². The summed E-state index contributed by atoms with van der Waals surface area (Å²) in [5.74, 6) is -0.281. The molecule has 0 fully saturated rings. The van der Waals surface area contributed by atoms with E-state index >= 15 is 0 Å². The fourth-order valence-corrected chi connectivity index (χ4v) is 1.65. The first kappa shape index (κ1) is 14.6. The Labute approximate surface area is 121 Å². The molecule has 0 aliphatic rings. The van der Waals surface area contributed by atoms with Crippen molar-refractivity contribution in [2.45, 2.75) is 6.92 Å². The van der Waals surface area contributed by atoms with Gasteiger partial charge in [-0.2, -0.15) is 5.10 Å². The number of nitrogens with zero attached hydrogens (tertiary/aromatic N) is 1. The van der Waals surface area contributed by atoms with Crippen molar-refractivity contribution in [3.8, 4) is 5.75 Å². The molecule has 2 rings (SSSR count). The molecule has 0 unspecified atom stereocenters. The van der Waals surface area contributed by atoms with Gasteiger partial charge in [0.25, 0.3) is 5.91 Å². The fraction of sp³-hybridized carbons (Fsp3) is 0.214. The van der Waals surface area contributed by atoms with Gasteiger partial charge in [-0.1, -0.05) is 0 Å². The van der Waals surface area contributed by atoms with Crippen molar-refractivity contribution in [1.29, 1.82) is 0 Å². The summed E-state index contributed by atoms with van der Waals surface area (Å²) in [6.45, 7) is 2.47. The average molecular weight is 289 g/mol. The molecule has 0 saturated heterocycles. The number of carbonyl (C=O) groups is 2. The number of hydrogen-bond acceptors (Lipinski definition) is 5. The van der Waals surface area contributed by atoms with Crippen LogP contribution in [0.4, 0.5) is 5.69 Å². The third kappa shape index (κ3) is 3.59. The summed E-state index contributed by atoms with van der Waals surface area (Å²) >= 11 is 0. The first-order valence-electron chi connectivity index (χ1n) is 6.32. The Hall–Kier alpha value is -2.83. The van der Waals surface area contributed by atoms with Crippen LogP contribution in [0.1, 0.15) is 27.9 Å². The molecule has 0 bridgehead atoms. The molecule has 1 aromatic heterocycles. The lowest BCUT2D eigenvalue weighted by atomic mass is 10.3. The second kappa shape index (κ2) is 6.56. The maximum Gasteiger partial charge on any atom is 0.356 e. The van der Waals surface area contributed by atoms with E-state index in [-0.39, 0.29) is 11.4 Å². The van der Waals surface area contributed by atoms with Crippen LogP contribution in [0.25, 0.3) is 0 Å². The number of ether oxygens (including phenoxy) is 2. The molecular formula is C14H15N3O4. The standard InChI is InChI=1S/C14H15N3O4/c1-3-21-10-6-4-9(5-7-10)15-13(18)11-8-12(17-16-11)14(19)20-2/h4-8H,3H2,1-2H3,(H,15,18)(H,16,17). The van der Waals surface area contributed by atoms with Crippen LogP contribution in [0.15, 0.2) is 30.3 Å². The third-order valence-electron chi connectivity index (χ3n) is 2.64. The first-order chi connectivity index (χ1) is 10.1. The van der Waals surface area contributed by atoms with Gasteiger partial charge in [-0.15, -0.1) is 0 Å². The van der Waals surface area contributed by atoms with Crippen LogP contribution in [-0.2, 0) is 4.74 Å². The highest BCUT2D eigenvalue weighted by molar-refractivity contribution is 6.04. The maximum absolute atomic E-state index is 12.0. The molecule has 0 atom stereocenters. The van der Waals surface area contributed by atoms with Crippen LogP contribution in [0.5, 0.6) is 5.75 Å². The number of carbonyl (C=O) groups excluding carboxylic acids is 2. The lowest BCUT2D eigenvalue weighted by Gasteiger charge is -2.05. The first-order valence-corrected chi connectivity index (χ1v) is 6.32. The number of hydrogen-bond donors (Lipinski definition) is 2. The van der Waals surface area contributed by atoms with Crippen LogP contribution >= 0.6 is 0 Å². The lowest BCUT2D eigenvalue weighted by molar-refractivity contribution is 0.0594. The number of methoxy groups -OCH3 is 1. The number of aromatic amines is 1. The van der Waals surface area contributed by atoms with Gasteiger partial charge in [-0.05, 0) is 31.2 Å². The van der Waals surface area contributed by atoms with E-state index < -0.39 is 11.9 Å². The van der Waals surface area contributed by atoms with E-state index in [0.29, 0.717) is 12.3 Å². The van der Waals surface area contributed by atoms with E-state index in [9.17, 15) is 9.59 Å². The highest BCUT2D eigenvalue weighted by atomic mass is 16.5. The molecule has 2 N–H and O–H groups in total. The van der Waals surface area contributed by atoms with Crippen molar-refractivity contribution in [2.75, 3.05) is 19.0 Å². The number of anilines is 1. The Morgan fingerprint density at radius 3 is 2.62 bits per heavy atom. The summed E-state index contributed by atoms with van der Waals surface area (Å²) in [5, 5.41) is 8.88. The average Bonchev–Trinajstić information content (AvgIpc) is 2.99. The van der Waals surface area contributed by atoms with Crippen molar-refractivity contribution in [1.82, 2.24) is 10.2 Å². The van der Waals surface area contributed by atoms with Crippen LogP contribution in [0.2, 0.25) is 0 Å². The Balaban J connectivity index is 2.03. The van der Waals surface area contributed by atoms with Gasteiger partial charge in [0.2, 0.25) is 0 Å². The minimum absolute atomic E-state index is 0.101. The summed E-state index contributed by atoms with van der Waals surface area (Å²) in [7, 11) is 1.25. The van der Waals surface area contributed by atoms with E-state index in [1.54, 1.807) is 24.3 Å². The molecule has 1 heterocycles. The van der Waals surface area contributed by atoms with Crippen molar-refractivity contribution in [2.24, 2.45) is 0 Å². The Bertz CT molecular complexity index is 634. The van der Waals surface area contributed by atoms with Crippen molar-refractivity contribution < 1.29 is 19.1 Å². The fourth-order valence-electron chi connectivity index (χ4n) is 1.65. The Morgan fingerprint density at radius 2 is 2.00 bits per heavy atom. The molecule has 0 saturated carbocycles. The molecule has 2 aromatic rings. The van der Waals surface area contributed by atoms with Gasteiger partial charge in [-0.25, -0.2) is 4.79 Å². The number of nitrogens with one attached hydrogen (secondary N) is 2. The van der Waals surface area contributed by atoms with E-state index in [1.807, 2.05) is 6.92 Å². The second-order valence-electron chi connectivity index (χ2n) is 4.07. The minimum Gasteiger partial charge on any atom is -0.494 e. The zero-order valence-electron chi connectivity index (χ0n) is 11.7. The predicted molar refractivity (Wildman–Crippen MR) is 75.5 cm³/mol. The van der Waals surface area contributed by atoms with Gasteiger partial charge in [0, 0.05) is 11.8 Å². The number of aromatic nitrogens is 2. The molecule has 110 valence electrons. The third-order valence-corrected chi connectivity index (χ3v) is 2.64. The molecule has 21 heavy (non-hydrogen) atoms. The second-order valence-corrected chi connectivity index (χ2v) is 4.07. The summed E-state index contributed by atoms with van der Waals surface area (Å²) in [5.41, 5.74) is 0.824. The van der Waals surface area contributed by atoms with Gasteiger partial charge in [-0.3, -0.25) is 9.89 Å². The zero-order valence-corrected chi connectivity index (χ0v) is 11.7. The van der Waals surface area contributed by atoms with Crippen LogP contribution < -0.4 is 10.1 Å². The normalized spacial score (nSPS) is 10.0. The molecular weight excluding hydrogens is 274 g/mol. The monoisotopic (exact) mass is 289 g/mol. The summed E-state index contributed by atoms with van der Waals surface area (Å²) in [6, 6.07) is 8.27. The van der Waals surface area contributed by atoms with Crippen LogP contribution in [-0.4, -0.2) is 35.8 Å². The maximum atomic E-state index is 12.0. The lowest BCUT2D eigenvalue weighted by Crippen LogP contribution is -2.12. The van der Waals surface area contributed by atoms with E-state index in [1.165, 1.54) is 13.2 Å².